The molecule has 1 rings (SSSR count). The number of non-ortho nitro benzene ring substituents is 1. The van der Waals surface area contributed by atoms with Crippen molar-refractivity contribution >= 4 is 28.8 Å². The Morgan fingerprint density at radius 2 is 2.13 bits per heavy atom. The van der Waals surface area contributed by atoms with E-state index in [1.165, 1.54) is 13.0 Å². The lowest BCUT2D eigenvalue weighted by molar-refractivity contribution is -0.384. The lowest BCUT2D eigenvalue weighted by Crippen LogP contribution is -2.01. The second kappa shape index (κ2) is 4.18. The number of benzene rings is 1. The summed E-state index contributed by atoms with van der Waals surface area (Å²) in [6, 6.07) is 2.21. The van der Waals surface area contributed by atoms with Crippen LogP contribution in [0.3, 0.4) is 0 Å². The van der Waals surface area contributed by atoms with Gasteiger partial charge in [0.15, 0.2) is 6.29 Å². The zero-order chi connectivity index (χ0) is 11.6. The largest absolute Gasteiger partial charge is 0.298 e. The van der Waals surface area contributed by atoms with Gasteiger partial charge < -0.3 is 0 Å². The number of aryl methyl sites for hydroxylation is 1. The second-order valence-corrected chi connectivity index (χ2v) is 3.22. The van der Waals surface area contributed by atoms with Gasteiger partial charge in [-0.1, -0.05) is 0 Å². The van der Waals surface area contributed by atoms with Crippen LogP contribution in [0.1, 0.15) is 26.3 Å². The van der Waals surface area contributed by atoms with E-state index in [0.717, 1.165) is 6.07 Å². The molecule has 15 heavy (non-hydrogen) atoms. The van der Waals surface area contributed by atoms with Crippen molar-refractivity contribution in [2.75, 3.05) is 0 Å². The second-order valence-electron chi connectivity index (χ2n) is 2.87. The first-order valence-electron chi connectivity index (χ1n) is 3.91. The average molecular weight is 228 g/mol. The molecule has 0 radical (unpaired) electrons. The molecule has 0 saturated carbocycles. The molecule has 0 bridgehead atoms. The molecule has 0 spiro atoms. The summed E-state index contributed by atoms with van der Waals surface area (Å²) in [5, 5.41) is 9.61. The van der Waals surface area contributed by atoms with E-state index in [9.17, 15) is 19.7 Å². The quantitative estimate of drug-likeness (QED) is 0.343. The molecular weight excluding hydrogens is 222 g/mol. The minimum atomic E-state index is -0.885. The summed E-state index contributed by atoms with van der Waals surface area (Å²) < 4.78 is 0. The van der Waals surface area contributed by atoms with Crippen LogP contribution < -0.4 is 0 Å². The SMILES string of the molecule is Cc1cc([N+](=O)[O-])cc(C(=O)Cl)c1C=O. The summed E-state index contributed by atoms with van der Waals surface area (Å²) in [7, 11) is 0. The van der Waals surface area contributed by atoms with Crippen LogP contribution >= 0.6 is 11.6 Å². The van der Waals surface area contributed by atoms with Gasteiger partial charge in [0.1, 0.15) is 0 Å². The fraction of sp³-hybridized carbons (Fsp3) is 0.111. The number of carbonyl (C=O) groups is 2. The van der Waals surface area contributed by atoms with Crippen molar-refractivity contribution in [3.63, 3.8) is 0 Å². The minimum absolute atomic E-state index is 0.0839. The third-order valence-corrected chi connectivity index (χ3v) is 2.12. The number of hydrogen-bond donors (Lipinski definition) is 0. The normalized spacial score (nSPS) is 9.73. The molecule has 1 aromatic rings. The van der Waals surface area contributed by atoms with Crippen LogP contribution in [0.15, 0.2) is 12.1 Å². The predicted molar refractivity (Wildman–Crippen MR) is 53.4 cm³/mol. The van der Waals surface area contributed by atoms with E-state index in [1.807, 2.05) is 0 Å². The van der Waals surface area contributed by atoms with Crippen LogP contribution in [-0.4, -0.2) is 16.5 Å². The zero-order valence-electron chi connectivity index (χ0n) is 7.69. The van der Waals surface area contributed by atoms with Gasteiger partial charge in [-0.05, 0) is 24.1 Å². The van der Waals surface area contributed by atoms with Gasteiger partial charge in [-0.2, -0.15) is 0 Å². The summed E-state index contributed by atoms with van der Waals surface area (Å²) in [6.45, 7) is 1.50. The maximum atomic E-state index is 10.9. The molecule has 0 amide bonds. The van der Waals surface area contributed by atoms with Crippen molar-refractivity contribution in [1.29, 1.82) is 0 Å². The van der Waals surface area contributed by atoms with Crippen molar-refractivity contribution in [2.24, 2.45) is 0 Å². The van der Waals surface area contributed by atoms with Gasteiger partial charge in [-0.25, -0.2) is 0 Å². The molecule has 6 heteroatoms. The smallest absolute Gasteiger partial charge is 0.270 e. The van der Waals surface area contributed by atoms with E-state index in [-0.39, 0.29) is 16.8 Å². The number of carbonyl (C=O) groups excluding carboxylic acids is 2. The number of nitro benzene ring substituents is 1. The number of rotatable bonds is 3. The number of nitro groups is 1. The lowest BCUT2D eigenvalue weighted by atomic mass is 10.0. The van der Waals surface area contributed by atoms with Crippen molar-refractivity contribution in [3.05, 3.63) is 38.9 Å². The molecule has 0 aliphatic rings. The number of aldehydes is 1. The van der Waals surface area contributed by atoms with Crippen LogP contribution in [0.5, 0.6) is 0 Å². The predicted octanol–water partition coefficient (Wildman–Crippen LogP) is 2.09. The third-order valence-electron chi connectivity index (χ3n) is 1.91. The molecular formula is C9H6ClNO4. The summed E-state index contributed by atoms with van der Waals surface area (Å²) in [4.78, 5) is 31.4. The topological polar surface area (TPSA) is 77.3 Å². The standard InChI is InChI=1S/C9H6ClNO4/c1-5-2-6(11(14)15)3-7(9(10)13)8(5)4-12/h2-4H,1H3. The van der Waals surface area contributed by atoms with E-state index < -0.39 is 10.2 Å². The molecule has 0 saturated heterocycles. The van der Waals surface area contributed by atoms with E-state index in [2.05, 4.69) is 0 Å². The van der Waals surface area contributed by atoms with Crippen LogP contribution in [0.2, 0.25) is 0 Å². The monoisotopic (exact) mass is 227 g/mol. The first kappa shape index (κ1) is 11.3. The Balaban J connectivity index is 3.52. The minimum Gasteiger partial charge on any atom is -0.298 e. The molecule has 0 aromatic heterocycles. The molecule has 0 aliphatic heterocycles. The van der Waals surface area contributed by atoms with E-state index in [4.69, 9.17) is 11.6 Å². The Morgan fingerprint density at radius 3 is 2.53 bits per heavy atom. The zero-order valence-corrected chi connectivity index (χ0v) is 8.45. The average Bonchev–Trinajstić information content (AvgIpc) is 2.16. The van der Waals surface area contributed by atoms with Crippen molar-refractivity contribution < 1.29 is 14.5 Å². The third kappa shape index (κ3) is 2.19. The van der Waals surface area contributed by atoms with Crippen molar-refractivity contribution in [1.82, 2.24) is 0 Å². The van der Waals surface area contributed by atoms with Gasteiger partial charge in [0.2, 0.25) is 0 Å². The summed E-state index contributed by atoms with van der Waals surface area (Å²) in [5.74, 6) is 0. The highest BCUT2D eigenvalue weighted by atomic mass is 35.5. The summed E-state index contributed by atoms with van der Waals surface area (Å²) in [5.41, 5.74) is 0.0317. The molecule has 0 fully saturated rings. The fourth-order valence-electron chi connectivity index (χ4n) is 1.20. The Labute approximate surface area is 89.8 Å². The highest BCUT2D eigenvalue weighted by Crippen LogP contribution is 2.22. The van der Waals surface area contributed by atoms with Gasteiger partial charge in [-0.3, -0.25) is 19.7 Å². The molecule has 0 aliphatic carbocycles. The molecule has 0 N–H and O–H groups in total. The van der Waals surface area contributed by atoms with Gasteiger partial charge in [0, 0.05) is 17.7 Å². The van der Waals surface area contributed by atoms with E-state index >= 15 is 0 Å². The molecule has 1 aromatic carbocycles. The van der Waals surface area contributed by atoms with E-state index in [0.29, 0.717) is 11.8 Å². The molecule has 0 heterocycles. The first-order valence-corrected chi connectivity index (χ1v) is 4.29. The fourth-order valence-corrected chi connectivity index (χ4v) is 1.36. The van der Waals surface area contributed by atoms with Gasteiger partial charge >= 0.3 is 0 Å². The van der Waals surface area contributed by atoms with Gasteiger partial charge in [-0.15, -0.1) is 0 Å². The Morgan fingerprint density at radius 1 is 1.53 bits per heavy atom. The van der Waals surface area contributed by atoms with E-state index in [1.54, 1.807) is 0 Å². The highest BCUT2D eigenvalue weighted by Gasteiger charge is 2.17. The van der Waals surface area contributed by atoms with Crippen LogP contribution in [-0.2, 0) is 0 Å². The van der Waals surface area contributed by atoms with Crippen LogP contribution in [0.25, 0.3) is 0 Å². The van der Waals surface area contributed by atoms with Gasteiger partial charge in [0.25, 0.3) is 10.9 Å². The van der Waals surface area contributed by atoms with Crippen molar-refractivity contribution in [3.8, 4) is 0 Å². The van der Waals surface area contributed by atoms with Crippen LogP contribution in [0.4, 0.5) is 5.69 Å². The number of halogens is 1. The number of hydrogen-bond acceptors (Lipinski definition) is 4. The number of nitrogens with zero attached hydrogens (tertiary/aromatic N) is 1. The van der Waals surface area contributed by atoms with Gasteiger partial charge in [0.05, 0.1) is 10.5 Å². The molecule has 5 nitrogen and oxygen atoms in total. The Kier molecular flexibility index (Phi) is 3.16. The summed E-state index contributed by atoms with van der Waals surface area (Å²) >= 11 is 5.22. The van der Waals surface area contributed by atoms with Crippen molar-refractivity contribution in [2.45, 2.75) is 6.92 Å². The summed E-state index contributed by atoms with van der Waals surface area (Å²) in [6.07, 6.45) is 0.453. The Bertz CT molecular complexity index is 456. The maximum absolute atomic E-state index is 10.9. The molecule has 0 atom stereocenters. The molecule has 0 unspecified atom stereocenters. The maximum Gasteiger partial charge on any atom is 0.270 e. The highest BCUT2D eigenvalue weighted by molar-refractivity contribution is 6.68. The Hall–Kier alpha value is -1.75. The first-order chi connectivity index (χ1) is 6.97. The lowest BCUT2D eigenvalue weighted by Gasteiger charge is -2.03. The molecule has 78 valence electrons. The van der Waals surface area contributed by atoms with Crippen LogP contribution in [0, 0.1) is 17.0 Å².